The second-order valence-corrected chi connectivity index (χ2v) is 6.82. The Morgan fingerprint density at radius 3 is 2.59 bits per heavy atom. The van der Waals surface area contributed by atoms with Gasteiger partial charge in [-0.15, -0.1) is 0 Å². The number of halogens is 2. The third kappa shape index (κ3) is 4.79. The van der Waals surface area contributed by atoms with Crippen molar-refractivity contribution in [1.82, 2.24) is 15.2 Å². The zero-order chi connectivity index (χ0) is 23.4. The van der Waals surface area contributed by atoms with Crippen molar-refractivity contribution in [2.24, 2.45) is 0 Å². The fraction of sp³-hybridized carbons (Fsp3) is 0.250. The number of aryl methyl sites for hydroxylation is 1. The predicted octanol–water partition coefficient (Wildman–Crippen LogP) is 2.16. The molecule has 0 fully saturated rings. The monoisotopic (exact) mass is 448 g/mol. The molecule has 1 aromatic heterocycles. The lowest BCUT2D eigenvalue weighted by molar-refractivity contribution is -0.384. The minimum atomic E-state index is -1.24. The first-order valence-corrected chi connectivity index (χ1v) is 9.45. The highest BCUT2D eigenvalue weighted by Gasteiger charge is 2.23. The summed E-state index contributed by atoms with van der Waals surface area (Å²) in [6, 6.07) is 5.38. The summed E-state index contributed by atoms with van der Waals surface area (Å²) in [7, 11) is 1.34. The van der Waals surface area contributed by atoms with E-state index in [1.165, 1.54) is 29.8 Å². The van der Waals surface area contributed by atoms with Crippen LogP contribution in [-0.4, -0.2) is 28.4 Å². The van der Waals surface area contributed by atoms with E-state index in [1.54, 1.807) is 0 Å². The number of rotatable bonds is 8. The maximum Gasteiger partial charge on any atom is 0.419 e. The Labute approximate surface area is 179 Å². The van der Waals surface area contributed by atoms with Crippen LogP contribution in [0.5, 0.6) is 0 Å². The van der Waals surface area contributed by atoms with E-state index in [0.717, 1.165) is 18.2 Å². The van der Waals surface area contributed by atoms with Gasteiger partial charge in [-0.2, -0.15) is 0 Å². The molecule has 0 aliphatic carbocycles. The van der Waals surface area contributed by atoms with Crippen molar-refractivity contribution in [3.63, 3.8) is 0 Å². The SMILES string of the molecule is CNC(=O)C(NC(=O)CCCn1c(=O)oc2cc([N+](=O)[O-])ccc21)c1ccc(F)c(F)c1. The van der Waals surface area contributed by atoms with Crippen molar-refractivity contribution >= 4 is 28.6 Å². The van der Waals surface area contributed by atoms with Crippen LogP contribution in [0.25, 0.3) is 11.1 Å². The Kier molecular flexibility index (Phi) is 6.61. The number of hydrogen-bond donors (Lipinski definition) is 2. The minimum absolute atomic E-state index is 0.0478. The van der Waals surface area contributed by atoms with E-state index in [4.69, 9.17) is 4.42 Å². The summed E-state index contributed by atoms with van der Waals surface area (Å²) in [5.74, 6) is -4.15. The first-order chi connectivity index (χ1) is 15.2. The van der Waals surface area contributed by atoms with Crippen LogP contribution < -0.4 is 16.4 Å². The molecule has 1 heterocycles. The number of carbonyl (C=O) groups is 2. The molecule has 3 aromatic rings. The molecule has 0 bridgehead atoms. The highest BCUT2D eigenvalue weighted by atomic mass is 19.2. The van der Waals surface area contributed by atoms with Gasteiger partial charge in [0.25, 0.3) is 5.69 Å². The van der Waals surface area contributed by atoms with E-state index in [1.807, 2.05) is 0 Å². The molecular weight excluding hydrogens is 430 g/mol. The van der Waals surface area contributed by atoms with E-state index in [0.29, 0.717) is 5.52 Å². The Balaban J connectivity index is 1.67. The van der Waals surface area contributed by atoms with Gasteiger partial charge in [-0.25, -0.2) is 13.6 Å². The van der Waals surface area contributed by atoms with Crippen LogP contribution in [0.15, 0.2) is 45.6 Å². The topological polar surface area (TPSA) is 136 Å². The number of hydrogen-bond acceptors (Lipinski definition) is 6. The maximum absolute atomic E-state index is 13.5. The molecule has 12 heteroatoms. The number of benzene rings is 2. The molecule has 1 atom stereocenters. The Morgan fingerprint density at radius 2 is 1.94 bits per heavy atom. The number of carbonyl (C=O) groups excluding carboxylic acids is 2. The Hall–Kier alpha value is -4.09. The van der Waals surface area contributed by atoms with Gasteiger partial charge in [-0.3, -0.25) is 24.3 Å². The van der Waals surface area contributed by atoms with E-state index >= 15 is 0 Å². The Morgan fingerprint density at radius 1 is 1.19 bits per heavy atom. The first kappa shape index (κ1) is 22.6. The smallest absolute Gasteiger partial charge is 0.407 e. The van der Waals surface area contributed by atoms with Crippen LogP contribution >= 0.6 is 0 Å². The van der Waals surface area contributed by atoms with E-state index in [2.05, 4.69) is 10.6 Å². The minimum Gasteiger partial charge on any atom is -0.407 e. The third-order valence-electron chi connectivity index (χ3n) is 4.74. The number of amides is 2. The molecule has 168 valence electrons. The lowest BCUT2D eigenvalue weighted by atomic mass is 10.1. The molecule has 2 amide bonds. The number of nitro groups is 1. The van der Waals surface area contributed by atoms with Gasteiger partial charge in [-0.05, 0) is 30.2 Å². The molecule has 2 N–H and O–H groups in total. The van der Waals surface area contributed by atoms with E-state index in [-0.39, 0.29) is 36.2 Å². The van der Waals surface area contributed by atoms with Crippen LogP contribution in [0.1, 0.15) is 24.4 Å². The van der Waals surface area contributed by atoms with Crippen molar-refractivity contribution < 1.29 is 27.7 Å². The van der Waals surface area contributed by atoms with Crippen LogP contribution in [0.4, 0.5) is 14.5 Å². The third-order valence-corrected chi connectivity index (χ3v) is 4.74. The molecule has 2 aromatic carbocycles. The van der Waals surface area contributed by atoms with Crippen molar-refractivity contribution in [2.75, 3.05) is 7.05 Å². The number of nitrogens with one attached hydrogen (secondary N) is 2. The fourth-order valence-electron chi connectivity index (χ4n) is 3.15. The van der Waals surface area contributed by atoms with Crippen molar-refractivity contribution in [1.29, 1.82) is 0 Å². The molecule has 0 spiro atoms. The van der Waals surface area contributed by atoms with Crippen molar-refractivity contribution in [3.8, 4) is 0 Å². The number of likely N-dealkylation sites (N-methyl/N-ethyl adjacent to an activating group) is 1. The number of fused-ring (bicyclic) bond motifs is 1. The molecule has 1 unspecified atom stereocenters. The quantitative estimate of drug-likeness (QED) is 0.400. The van der Waals surface area contributed by atoms with Gasteiger partial charge in [0, 0.05) is 26.1 Å². The van der Waals surface area contributed by atoms with Gasteiger partial charge in [0.2, 0.25) is 11.8 Å². The molecule has 32 heavy (non-hydrogen) atoms. The van der Waals surface area contributed by atoms with Gasteiger partial charge in [0.05, 0.1) is 16.5 Å². The molecular formula is C20H18F2N4O6. The first-order valence-electron chi connectivity index (χ1n) is 9.45. The standard InChI is InChI=1S/C20H18F2N4O6/c1-23-19(28)18(11-4-6-13(21)14(22)9-11)24-17(27)3-2-8-25-15-7-5-12(26(30)31)10-16(15)32-20(25)29/h4-7,9-10,18H,2-3,8H2,1H3,(H,23,28)(H,24,27). The summed E-state index contributed by atoms with van der Waals surface area (Å²) < 4.78 is 33.0. The second kappa shape index (κ2) is 9.37. The maximum atomic E-state index is 13.5. The van der Waals surface area contributed by atoms with Gasteiger partial charge >= 0.3 is 5.76 Å². The lowest BCUT2D eigenvalue weighted by Crippen LogP contribution is -2.39. The summed E-state index contributed by atoms with van der Waals surface area (Å²) in [4.78, 5) is 46.8. The highest BCUT2D eigenvalue weighted by Crippen LogP contribution is 2.21. The van der Waals surface area contributed by atoms with Crippen LogP contribution in [-0.2, 0) is 16.1 Å². The number of oxazole rings is 1. The zero-order valence-electron chi connectivity index (χ0n) is 16.8. The molecule has 3 rings (SSSR count). The predicted molar refractivity (Wildman–Crippen MR) is 108 cm³/mol. The molecule has 0 saturated heterocycles. The summed E-state index contributed by atoms with van der Waals surface area (Å²) in [5.41, 5.74) is 0.225. The molecule has 0 aliphatic heterocycles. The average Bonchev–Trinajstić information content (AvgIpc) is 3.07. The highest BCUT2D eigenvalue weighted by molar-refractivity contribution is 5.88. The summed E-state index contributed by atoms with van der Waals surface area (Å²) in [5, 5.41) is 15.6. The fourth-order valence-corrected chi connectivity index (χ4v) is 3.15. The average molecular weight is 448 g/mol. The number of aromatic nitrogens is 1. The molecule has 10 nitrogen and oxygen atoms in total. The van der Waals surface area contributed by atoms with Gasteiger partial charge in [-0.1, -0.05) is 6.07 Å². The number of non-ortho nitro benzene ring substituents is 1. The van der Waals surface area contributed by atoms with E-state index < -0.39 is 40.2 Å². The Bertz CT molecular complexity index is 1250. The van der Waals surface area contributed by atoms with Gasteiger partial charge in [0.15, 0.2) is 17.2 Å². The second-order valence-electron chi connectivity index (χ2n) is 6.82. The van der Waals surface area contributed by atoms with Gasteiger partial charge < -0.3 is 15.1 Å². The summed E-state index contributed by atoms with van der Waals surface area (Å²) in [6.07, 6.45) is 0.0822. The molecule has 0 saturated carbocycles. The van der Waals surface area contributed by atoms with Crippen LogP contribution in [0.2, 0.25) is 0 Å². The lowest BCUT2D eigenvalue weighted by Gasteiger charge is -2.18. The largest absolute Gasteiger partial charge is 0.419 e. The van der Waals surface area contributed by atoms with Gasteiger partial charge in [0.1, 0.15) is 6.04 Å². The number of nitrogens with zero attached hydrogens (tertiary/aromatic N) is 2. The molecule has 0 radical (unpaired) electrons. The normalized spacial score (nSPS) is 11.8. The van der Waals surface area contributed by atoms with Crippen molar-refractivity contribution in [3.05, 3.63) is 74.3 Å². The molecule has 0 aliphatic rings. The zero-order valence-corrected chi connectivity index (χ0v) is 16.8. The van der Waals surface area contributed by atoms with E-state index in [9.17, 15) is 33.3 Å². The van der Waals surface area contributed by atoms with Crippen LogP contribution in [0, 0.1) is 21.7 Å². The van der Waals surface area contributed by atoms with Crippen molar-refractivity contribution in [2.45, 2.75) is 25.4 Å². The van der Waals surface area contributed by atoms with Crippen LogP contribution in [0.3, 0.4) is 0 Å². The summed E-state index contributed by atoms with van der Waals surface area (Å²) >= 11 is 0. The number of nitro benzene ring substituents is 1. The summed E-state index contributed by atoms with van der Waals surface area (Å²) in [6.45, 7) is 0.0763.